The fourth-order valence-corrected chi connectivity index (χ4v) is 3.34. The molecule has 1 aromatic rings. The first kappa shape index (κ1) is 19.7. The number of benzene rings is 1. The van der Waals surface area contributed by atoms with E-state index in [2.05, 4.69) is 36.3 Å². The van der Waals surface area contributed by atoms with Gasteiger partial charge in [-0.15, -0.1) is 0 Å². The number of urea groups is 1. The zero-order valence-corrected chi connectivity index (χ0v) is 15.8. The molecule has 0 aromatic heterocycles. The number of hydrogen-bond acceptors (Lipinski definition) is 3. The number of nitrogens with zero attached hydrogens (tertiary/aromatic N) is 1. The van der Waals surface area contributed by atoms with Crippen LogP contribution in [0.15, 0.2) is 24.3 Å². The summed E-state index contributed by atoms with van der Waals surface area (Å²) in [5.41, 5.74) is 2.04. The van der Waals surface area contributed by atoms with Crippen LogP contribution in [-0.2, 0) is 13.0 Å². The Hall–Kier alpha value is -1.59. The molecule has 0 bridgehead atoms. The van der Waals surface area contributed by atoms with Crippen molar-refractivity contribution < 1.29 is 9.90 Å². The van der Waals surface area contributed by atoms with E-state index in [1.54, 1.807) is 0 Å². The van der Waals surface area contributed by atoms with Crippen molar-refractivity contribution in [1.82, 2.24) is 15.5 Å². The molecule has 1 atom stereocenters. The Bertz CT molecular complexity index is 542. The Balaban J connectivity index is 1.68. The fraction of sp³-hybridized carbons (Fsp3) is 0.650. The third kappa shape index (κ3) is 6.33. The lowest BCUT2D eigenvalue weighted by molar-refractivity contribution is 0.0724. The monoisotopic (exact) mass is 347 g/mol. The average Bonchev–Trinajstić information content (AvgIpc) is 2.61. The first-order valence-electron chi connectivity index (χ1n) is 9.36. The lowest BCUT2D eigenvalue weighted by Gasteiger charge is -2.43. The molecule has 0 spiro atoms. The summed E-state index contributed by atoms with van der Waals surface area (Å²) in [6, 6.07) is 7.71. The highest BCUT2D eigenvalue weighted by Crippen LogP contribution is 2.23. The third-order valence-corrected chi connectivity index (χ3v) is 5.10. The van der Waals surface area contributed by atoms with E-state index in [0.717, 1.165) is 36.6 Å². The molecule has 3 N–H and O–H groups in total. The summed E-state index contributed by atoms with van der Waals surface area (Å²) in [5.74, 6) is 0.735. The summed E-state index contributed by atoms with van der Waals surface area (Å²) in [6.45, 7) is 10.2. The molecule has 1 saturated heterocycles. The predicted molar refractivity (Wildman–Crippen MR) is 102 cm³/mol. The van der Waals surface area contributed by atoms with Crippen molar-refractivity contribution in [3.05, 3.63) is 35.4 Å². The minimum atomic E-state index is -0.106. The topological polar surface area (TPSA) is 64.6 Å². The molecule has 0 aliphatic carbocycles. The number of aliphatic hydroxyl groups is 1. The SMILES string of the molecule is CC1CCCN(C(C)(C)CNC(=O)NCCc2ccc(CO)cc2)C1. The van der Waals surface area contributed by atoms with Gasteiger partial charge in [-0.2, -0.15) is 0 Å². The average molecular weight is 348 g/mol. The smallest absolute Gasteiger partial charge is 0.314 e. The maximum absolute atomic E-state index is 12.1. The van der Waals surface area contributed by atoms with Crippen molar-refractivity contribution in [3.63, 3.8) is 0 Å². The van der Waals surface area contributed by atoms with Crippen molar-refractivity contribution in [3.8, 4) is 0 Å². The van der Waals surface area contributed by atoms with Crippen LogP contribution in [0, 0.1) is 5.92 Å². The number of aliphatic hydroxyl groups excluding tert-OH is 1. The molecule has 140 valence electrons. The second kappa shape index (κ2) is 9.20. The largest absolute Gasteiger partial charge is 0.392 e. The van der Waals surface area contributed by atoms with Crippen LogP contribution in [0.3, 0.4) is 0 Å². The fourth-order valence-electron chi connectivity index (χ4n) is 3.34. The first-order valence-corrected chi connectivity index (χ1v) is 9.36. The molecular formula is C20H33N3O2. The van der Waals surface area contributed by atoms with Gasteiger partial charge in [0.1, 0.15) is 0 Å². The van der Waals surface area contributed by atoms with E-state index >= 15 is 0 Å². The van der Waals surface area contributed by atoms with Gasteiger partial charge in [-0.1, -0.05) is 31.2 Å². The molecule has 1 heterocycles. The molecule has 0 saturated carbocycles. The summed E-state index contributed by atoms with van der Waals surface area (Å²) < 4.78 is 0. The van der Waals surface area contributed by atoms with Gasteiger partial charge in [0.05, 0.1) is 6.61 Å². The highest BCUT2D eigenvalue weighted by atomic mass is 16.3. The quantitative estimate of drug-likeness (QED) is 0.710. The molecule has 1 fully saturated rings. The standard InChI is InChI=1S/C20H33N3O2/c1-16-5-4-12-23(13-16)20(2,3)15-22-19(25)21-11-10-17-6-8-18(14-24)9-7-17/h6-9,16,24H,4-5,10-15H2,1-3H3,(H2,21,22,25). The van der Waals surface area contributed by atoms with Crippen LogP contribution in [0.5, 0.6) is 0 Å². The Morgan fingerprint density at radius 2 is 1.92 bits per heavy atom. The molecule has 1 aliphatic rings. The van der Waals surface area contributed by atoms with E-state index < -0.39 is 0 Å². The van der Waals surface area contributed by atoms with E-state index in [9.17, 15) is 4.79 Å². The van der Waals surface area contributed by atoms with Crippen LogP contribution in [0.1, 0.15) is 44.7 Å². The van der Waals surface area contributed by atoms with Gasteiger partial charge in [-0.25, -0.2) is 4.79 Å². The van der Waals surface area contributed by atoms with Crippen LogP contribution >= 0.6 is 0 Å². The zero-order chi connectivity index (χ0) is 18.3. The number of hydrogen-bond donors (Lipinski definition) is 3. The summed E-state index contributed by atoms with van der Waals surface area (Å²) in [4.78, 5) is 14.5. The first-order chi connectivity index (χ1) is 11.9. The minimum Gasteiger partial charge on any atom is -0.392 e. The molecule has 2 rings (SSSR count). The molecule has 5 heteroatoms. The van der Waals surface area contributed by atoms with E-state index in [-0.39, 0.29) is 18.2 Å². The molecule has 0 radical (unpaired) electrons. The number of likely N-dealkylation sites (tertiary alicyclic amines) is 1. The molecular weight excluding hydrogens is 314 g/mol. The highest BCUT2D eigenvalue weighted by molar-refractivity contribution is 5.73. The third-order valence-electron chi connectivity index (χ3n) is 5.10. The number of carbonyl (C=O) groups is 1. The van der Waals surface area contributed by atoms with Crippen LogP contribution in [0.25, 0.3) is 0 Å². The molecule has 1 aromatic carbocycles. The van der Waals surface area contributed by atoms with E-state index in [4.69, 9.17) is 5.11 Å². The van der Waals surface area contributed by atoms with E-state index in [1.165, 1.54) is 12.8 Å². The van der Waals surface area contributed by atoms with E-state index in [1.807, 2.05) is 24.3 Å². The Morgan fingerprint density at radius 3 is 2.56 bits per heavy atom. The number of amides is 2. The predicted octanol–water partition coefficient (Wildman–Crippen LogP) is 2.53. The van der Waals surface area contributed by atoms with Gasteiger partial charge in [0.25, 0.3) is 0 Å². The van der Waals surface area contributed by atoms with E-state index in [0.29, 0.717) is 13.1 Å². The van der Waals surface area contributed by atoms with Gasteiger partial charge in [-0.3, -0.25) is 4.90 Å². The van der Waals surface area contributed by atoms with Crippen molar-refractivity contribution in [2.24, 2.45) is 5.92 Å². The van der Waals surface area contributed by atoms with Gasteiger partial charge < -0.3 is 15.7 Å². The van der Waals surface area contributed by atoms with Gasteiger partial charge >= 0.3 is 6.03 Å². The summed E-state index contributed by atoms with van der Waals surface area (Å²) >= 11 is 0. The van der Waals surface area contributed by atoms with Crippen LogP contribution < -0.4 is 10.6 Å². The zero-order valence-electron chi connectivity index (χ0n) is 15.8. The van der Waals surface area contributed by atoms with Gasteiger partial charge in [0.15, 0.2) is 0 Å². The van der Waals surface area contributed by atoms with Crippen LogP contribution in [0.2, 0.25) is 0 Å². The van der Waals surface area contributed by atoms with Gasteiger partial charge in [-0.05, 0) is 56.7 Å². The highest BCUT2D eigenvalue weighted by Gasteiger charge is 2.30. The van der Waals surface area contributed by atoms with Crippen LogP contribution in [-0.4, -0.2) is 47.8 Å². The molecule has 5 nitrogen and oxygen atoms in total. The van der Waals surface area contributed by atoms with Crippen LogP contribution in [0.4, 0.5) is 4.79 Å². The maximum Gasteiger partial charge on any atom is 0.314 e. The molecule has 2 amide bonds. The molecule has 1 unspecified atom stereocenters. The second-order valence-corrected chi connectivity index (χ2v) is 7.84. The molecule has 1 aliphatic heterocycles. The molecule has 25 heavy (non-hydrogen) atoms. The van der Waals surface area contributed by atoms with Crippen molar-refractivity contribution >= 4 is 6.03 Å². The number of rotatable bonds is 7. The lowest BCUT2D eigenvalue weighted by Crippen LogP contribution is -2.55. The van der Waals surface area contributed by atoms with Gasteiger partial charge in [0, 0.05) is 25.2 Å². The lowest BCUT2D eigenvalue weighted by atomic mass is 9.93. The Kier molecular flexibility index (Phi) is 7.26. The van der Waals surface area contributed by atoms with Crippen molar-refractivity contribution in [1.29, 1.82) is 0 Å². The van der Waals surface area contributed by atoms with Gasteiger partial charge in [0.2, 0.25) is 0 Å². The number of carbonyl (C=O) groups excluding carboxylic acids is 1. The normalized spacial score (nSPS) is 18.8. The van der Waals surface area contributed by atoms with Crippen molar-refractivity contribution in [2.75, 3.05) is 26.2 Å². The number of nitrogens with one attached hydrogen (secondary N) is 2. The summed E-state index contributed by atoms with van der Waals surface area (Å²) in [6.07, 6.45) is 3.33. The maximum atomic E-state index is 12.1. The summed E-state index contributed by atoms with van der Waals surface area (Å²) in [7, 11) is 0. The number of piperidine rings is 1. The minimum absolute atomic E-state index is 0.0217. The Labute approximate surface area is 151 Å². The second-order valence-electron chi connectivity index (χ2n) is 7.84. The Morgan fingerprint density at radius 1 is 1.24 bits per heavy atom. The summed E-state index contributed by atoms with van der Waals surface area (Å²) in [5, 5.41) is 15.0. The van der Waals surface area contributed by atoms with Crippen molar-refractivity contribution in [2.45, 2.75) is 52.2 Å².